The van der Waals surface area contributed by atoms with E-state index in [1.165, 1.54) is 17.5 Å². The van der Waals surface area contributed by atoms with Crippen LogP contribution in [-0.2, 0) is 13.2 Å². The summed E-state index contributed by atoms with van der Waals surface area (Å²) in [5.41, 5.74) is 3.62. The normalized spacial score (nSPS) is 10.9. The van der Waals surface area contributed by atoms with Gasteiger partial charge in [0.1, 0.15) is 6.61 Å². The minimum absolute atomic E-state index is 0.544. The van der Waals surface area contributed by atoms with E-state index in [1.807, 2.05) is 12.1 Å². The molecule has 0 aliphatic heterocycles. The molecule has 3 heteroatoms. The number of benzene rings is 2. The SMILES string of the molecule is COc1cc(CNCCC(C)C)ccc1OCc1ccc(C)cc1. The third-order valence-electron chi connectivity index (χ3n) is 3.97. The maximum Gasteiger partial charge on any atom is 0.161 e. The first-order chi connectivity index (χ1) is 11.6. The Morgan fingerprint density at radius 2 is 1.67 bits per heavy atom. The van der Waals surface area contributed by atoms with Crippen LogP contribution in [0.4, 0.5) is 0 Å². The predicted octanol–water partition coefficient (Wildman–Crippen LogP) is 4.72. The van der Waals surface area contributed by atoms with Gasteiger partial charge in [0, 0.05) is 6.54 Å². The number of hydrogen-bond acceptors (Lipinski definition) is 3. The van der Waals surface area contributed by atoms with Crippen molar-refractivity contribution >= 4 is 0 Å². The molecule has 1 N–H and O–H groups in total. The van der Waals surface area contributed by atoms with Gasteiger partial charge in [-0.15, -0.1) is 0 Å². The van der Waals surface area contributed by atoms with Gasteiger partial charge in [0.15, 0.2) is 11.5 Å². The van der Waals surface area contributed by atoms with E-state index in [0.29, 0.717) is 6.61 Å². The van der Waals surface area contributed by atoms with Crippen molar-refractivity contribution in [1.29, 1.82) is 0 Å². The van der Waals surface area contributed by atoms with E-state index < -0.39 is 0 Å². The third-order valence-corrected chi connectivity index (χ3v) is 3.97. The fourth-order valence-electron chi connectivity index (χ4n) is 2.41. The molecule has 2 aromatic carbocycles. The Kier molecular flexibility index (Phi) is 7.13. The van der Waals surface area contributed by atoms with Crippen LogP contribution in [0.25, 0.3) is 0 Å². The minimum atomic E-state index is 0.544. The first-order valence-corrected chi connectivity index (χ1v) is 8.64. The quantitative estimate of drug-likeness (QED) is 0.676. The second-order valence-corrected chi connectivity index (χ2v) is 6.62. The third kappa shape index (κ3) is 5.89. The van der Waals surface area contributed by atoms with Crippen molar-refractivity contribution in [2.24, 2.45) is 5.92 Å². The van der Waals surface area contributed by atoms with E-state index in [9.17, 15) is 0 Å². The highest BCUT2D eigenvalue weighted by molar-refractivity contribution is 5.43. The van der Waals surface area contributed by atoms with Crippen molar-refractivity contribution in [2.45, 2.75) is 40.3 Å². The molecule has 130 valence electrons. The Hall–Kier alpha value is -2.00. The monoisotopic (exact) mass is 327 g/mol. The zero-order chi connectivity index (χ0) is 17.4. The number of hydrogen-bond donors (Lipinski definition) is 1. The van der Waals surface area contributed by atoms with Crippen molar-refractivity contribution < 1.29 is 9.47 Å². The molecule has 0 heterocycles. The Morgan fingerprint density at radius 3 is 2.33 bits per heavy atom. The van der Waals surface area contributed by atoms with Crippen molar-refractivity contribution in [3.8, 4) is 11.5 Å². The van der Waals surface area contributed by atoms with Gasteiger partial charge in [-0.2, -0.15) is 0 Å². The van der Waals surface area contributed by atoms with Gasteiger partial charge in [-0.1, -0.05) is 49.7 Å². The summed E-state index contributed by atoms with van der Waals surface area (Å²) in [7, 11) is 1.68. The Labute approximate surface area is 146 Å². The van der Waals surface area contributed by atoms with Gasteiger partial charge in [0.25, 0.3) is 0 Å². The standard InChI is InChI=1S/C21H29NO2/c1-16(2)11-12-22-14-19-9-10-20(21(13-19)23-4)24-15-18-7-5-17(3)6-8-18/h5-10,13,16,22H,11-12,14-15H2,1-4H3. The molecule has 0 spiro atoms. The topological polar surface area (TPSA) is 30.5 Å². The average Bonchev–Trinajstić information content (AvgIpc) is 2.58. The van der Waals surface area contributed by atoms with E-state index in [4.69, 9.17) is 9.47 Å². The first-order valence-electron chi connectivity index (χ1n) is 8.64. The zero-order valence-electron chi connectivity index (χ0n) is 15.3. The molecule has 24 heavy (non-hydrogen) atoms. The molecule has 2 aromatic rings. The van der Waals surface area contributed by atoms with Gasteiger partial charge in [-0.3, -0.25) is 0 Å². The maximum absolute atomic E-state index is 5.92. The summed E-state index contributed by atoms with van der Waals surface area (Å²) in [4.78, 5) is 0. The lowest BCUT2D eigenvalue weighted by atomic mass is 10.1. The highest BCUT2D eigenvalue weighted by Crippen LogP contribution is 2.28. The molecule has 0 saturated heterocycles. The molecule has 3 nitrogen and oxygen atoms in total. The van der Waals surface area contributed by atoms with E-state index in [1.54, 1.807) is 7.11 Å². The van der Waals surface area contributed by atoms with Gasteiger partial charge >= 0.3 is 0 Å². The molecule has 0 bridgehead atoms. The Morgan fingerprint density at radius 1 is 0.958 bits per heavy atom. The summed E-state index contributed by atoms with van der Waals surface area (Å²) in [6, 6.07) is 14.5. The number of methoxy groups -OCH3 is 1. The van der Waals surface area contributed by atoms with E-state index in [2.05, 4.69) is 56.4 Å². The van der Waals surface area contributed by atoms with Crippen LogP contribution >= 0.6 is 0 Å². The molecule has 0 aliphatic rings. The van der Waals surface area contributed by atoms with Crippen molar-refractivity contribution in [3.05, 3.63) is 59.2 Å². The first kappa shape index (κ1) is 18.3. The van der Waals surface area contributed by atoms with Crippen LogP contribution in [-0.4, -0.2) is 13.7 Å². The fraction of sp³-hybridized carbons (Fsp3) is 0.429. The Bertz CT molecular complexity index is 620. The van der Waals surface area contributed by atoms with E-state index >= 15 is 0 Å². The van der Waals surface area contributed by atoms with Gasteiger partial charge < -0.3 is 14.8 Å². The van der Waals surface area contributed by atoms with Crippen LogP contribution < -0.4 is 14.8 Å². The summed E-state index contributed by atoms with van der Waals surface area (Å²) >= 11 is 0. The lowest BCUT2D eigenvalue weighted by Crippen LogP contribution is -2.16. The van der Waals surface area contributed by atoms with Gasteiger partial charge in [-0.25, -0.2) is 0 Å². The number of nitrogens with one attached hydrogen (secondary N) is 1. The second kappa shape index (κ2) is 9.33. The summed E-state index contributed by atoms with van der Waals surface area (Å²) in [5, 5.41) is 3.47. The van der Waals surface area contributed by atoms with Crippen LogP contribution in [0, 0.1) is 12.8 Å². The summed E-state index contributed by atoms with van der Waals surface area (Å²) < 4.78 is 11.4. The summed E-state index contributed by atoms with van der Waals surface area (Å²) in [6.45, 7) is 8.99. The molecule has 0 aromatic heterocycles. The highest BCUT2D eigenvalue weighted by Gasteiger charge is 2.06. The number of aryl methyl sites for hydroxylation is 1. The van der Waals surface area contributed by atoms with E-state index in [-0.39, 0.29) is 0 Å². The highest BCUT2D eigenvalue weighted by atomic mass is 16.5. The molecule has 0 aliphatic carbocycles. The molecule has 0 atom stereocenters. The van der Waals surface area contributed by atoms with Crippen LogP contribution in [0.5, 0.6) is 11.5 Å². The average molecular weight is 327 g/mol. The molecule has 0 amide bonds. The van der Waals surface area contributed by atoms with Crippen molar-refractivity contribution in [1.82, 2.24) is 5.32 Å². The van der Waals surface area contributed by atoms with Crippen molar-refractivity contribution in [3.63, 3.8) is 0 Å². The lowest BCUT2D eigenvalue weighted by molar-refractivity contribution is 0.284. The van der Waals surface area contributed by atoms with Crippen LogP contribution in [0.3, 0.4) is 0 Å². The summed E-state index contributed by atoms with van der Waals surface area (Å²) in [5.74, 6) is 2.29. The van der Waals surface area contributed by atoms with E-state index in [0.717, 1.165) is 36.1 Å². The van der Waals surface area contributed by atoms with Crippen LogP contribution in [0.2, 0.25) is 0 Å². The molecule has 0 saturated carbocycles. The largest absolute Gasteiger partial charge is 0.493 e. The molecular weight excluding hydrogens is 298 g/mol. The second-order valence-electron chi connectivity index (χ2n) is 6.62. The number of rotatable bonds is 9. The predicted molar refractivity (Wildman–Crippen MR) is 99.7 cm³/mol. The van der Waals surface area contributed by atoms with Crippen LogP contribution in [0.15, 0.2) is 42.5 Å². The minimum Gasteiger partial charge on any atom is -0.493 e. The fourth-order valence-corrected chi connectivity index (χ4v) is 2.41. The van der Waals surface area contributed by atoms with Crippen molar-refractivity contribution in [2.75, 3.05) is 13.7 Å². The molecule has 0 unspecified atom stereocenters. The Balaban J connectivity index is 1.91. The van der Waals surface area contributed by atoms with Gasteiger partial charge in [-0.05, 0) is 49.1 Å². The van der Waals surface area contributed by atoms with Gasteiger partial charge in [0.05, 0.1) is 7.11 Å². The molecule has 0 fully saturated rings. The zero-order valence-corrected chi connectivity index (χ0v) is 15.3. The smallest absolute Gasteiger partial charge is 0.161 e. The molecule has 2 rings (SSSR count). The van der Waals surface area contributed by atoms with Crippen LogP contribution in [0.1, 0.15) is 37.0 Å². The molecule has 0 radical (unpaired) electrons. The molecular formula is C21H29NO2. The summed E-state index contributed by atoms with van der Waals surface area (Å²) in [6.07, 6.45) is 1.19. The maximum atomic E-state index is 5.92. The van der Waals surface area contributed by atoms with Gasteiger partial charge in [0.2, 0.25) is 0 Å². The lowest BCUT2D eigenvalue weighted by Gasteiger charge is -2.13. The number of ether oxygens (including phenoxy) is 2.